The Hall–Kier alpha value is -2.53. The molecule has 2 aromatic carbocycles. The lowest BCUT2D eigenvalue weighted by Crippen LogP contribution is -2.30. The summed E-state index contributed by atoms with van der Waals surface area (Å²) in [6.07, 6.45) is -0.761. The number of ketones is 1. The molecule has 1 unspecified atom stereocenters. The topological polar surface area (TPSA) is 64.6 Å². The zero-order chi connectivity index (χ0) is 18.6. The van der Waals surface area contributed by atoms with Crippen molar-refractivity contribution in [3.63, 3.8) is 0 Å². The monoisotopic (exact) mass is 361 g/mol. The van der Waals surface area contributed by atoms with Crippen molar-refractivity contribution in [3.05, 3.63) is 52.5 Å². The van der Waals surface area contributed by atoms with Crippen LogP contribution in [0.25, 0.3) is 0 Å². The number of nitrogens with one attached hydrogen (secondary N) is 1. The Bertz CT molecular complexity index is 804. The molecule has 1 N–H and O–H groups in total. The molecule has 0 aliphatic carbocycles. The highest BCUT2D eigenvalue weighted by Crippen LogP contribution is 2.31. The maximum Gasteiger partial charge on any atom is 0.265 e. The second-order valence-corrected chi connectivity index (χ2v) is 6.04. The molecule has 1 atom stereocenters. The van der Waals surface area contributed by atoms with Crippen LogP contribution in [0.5, 0.6) is 11.5 Å². The molecule has 0 aliphatic heterocycles. The van der Waals surface area contributed by atoms with Gasteiger partial charge >= 0.3 is 0 Å². The molecule has 0 fully saturated rings. The van der Waals surface area contributed by atoms with E-state index in [1.54, 1.807) is 43.3 Å². The molecule has 0 saturated heterocycles. The van der Waals surface area contributed by atoms with E-state index in [0.717, 1.165) is 5.56 Å². The number of hydrogen-bond acceptors (Lipinski definition) is 4. The van der Waals surface area contributed by atoms with Crippen LogP contribution in [0.4, 0.5) is 5.69 Å². The van der Waals surface area contributed by atoms with Crippen molar-refractivity contribution in [2.75, 3.05) is 12.4 Å². The van der Waals surface area contributed by atoms with E-state index in [-0.39, 0.29) is 11.7 Å². The summed E-state index contributed by atoms with van der Waals surface area (Å²) in [5, 5.41) is 3.33. The van der Waals surface area contributed by atoms with E-state index in [4.69, 9.17) is 21.1 Å². The first-order chi connectivity index (χ1) is 11.8. The maximum absolute atomic E-state index is 12.4. The Balaban J connectivity index is 2.12. The van der Waals surface area contributed by atoms with E-state index in [2.05, 4.69) is 5.32 Å². The van der Waals surface area contributed by atoms with E-state index in [1.807, 2.05) is 6.92 Å². The number of amides is 1. The van der Waals surface area contributed by atoms with Crippen LogP contribution in [-0.4, -0.2) is 24.9 Å². The van der Waals surface area contributed by atoms with Gasteiger partial charge in [-0.15, -0.1) is 0 Å². The number of ether oxygens (including phenoxy) is 2. The van der Waals surface area contributed by atoms with Crippen LogP contribution in [-0.2, 0) is 4.79 Å². The van der Waals surface area contributed by atoms with Crippen molar-refractivity contribution in [2.45, 2.75) is 26.9 Å². The maximum atomic E-state index is 12.4. The Labute approximate surface area is 151 Å². The lowest BCUT2D eigenvalue weighted by molar-refractivity contribution is -0.122. The third kappa shape index (κ3) is 4.73. The van der Waals surface area contributed by atoms with Crippen LogP contribution >= 0.6 is 11.6 Å². The second kappa shape index (κ2) is 8.03. The van der Waals surface area contributed by atoms with Gasteiger partial charge < -0.3 is 14.8 Å². The molecular formula is C19H20ClNO4. The van der Waals surface area contributed by atoms with Gasteiger partial charge in [0, 0.05) is 16.7 Å². The Morgan fingerprint density at radius 1 is 1.20 bits per heavy atom. The number of Topliss-reactive ketones (excluding diaryl/α,β-unsaturated/α-hetero) is 1. The van der Waals surface area contributed by atoms with E-state index in [0.29, 0.717) is 27.8 Å². The summed E-state index contributed by atoms with van der Waals surface area (Å²) in [6, 6.07) is 10.1. The first kappa shape index (κ1) is 18.8. The van der Waals surface area contributed by atoms with Crippen molar-refractivity contribution < 1.29 is 19.1 Å². The predicted octanol–water partition coefficient (Wildman–Crippen LogP) is 4.27. The number of rotatable bonds is 6. The Kier molecular flexibility index (Phi) is 6.04. The molecule has 5 nitrogen and oxygen atoms in total. The van der Waals surface area contributed by atoms with Crippen molar-refractivity contribution in [2.24, 2.45) is 0 Å². The molecular weight excluding hydrogens is 342 g/mol. The number of carbonyl (C=O) groups is 2. The van der Waals surface area contributed by atoms with E-state index in [1.165, 1.54) is 14.0 Å². The minimum Gasteiger partial charge on any atom is -0.495 e. The summed E-state index contributed by atoms with van der Waals surface area (Å²) in [4.78, 5) is 23.8. The molecule has 0 heterocycles. The molecule has 0 aromatic heterocycles. The molecule has 0 bridgehead atoms. The second-order valence-electron chi connectivity index (χ2n) is 5.64. The fourth-order valence-corrected chi connectivity index (χ4v) is 2.36. The number of methoxy groups -OCH3 is 1. The summed E-state index contributed by atoms with van der Waals surface area (Å²) in [5.74, 6) is 0.515. The third-order valence-electron chi connectivity index (χ3n) is 3.66. The number of aryl methyl sites for hydroxylation is 1. The standard InChI is InChI=1S/C19H20ClNO4/c1-11-8-17(18(24-4)10-16(11)20)21-19(23)13(3)25-15-7-5-6-14(9-15)12(2)22/h5-10,13H,1-4H3,(H,21,23). The highest BCUT2D eigenvalue weighted by molar-refractivity contribution is 6.31. The molecule has 0 saturated carbocycles. The van der Waals surface area contributed by atoms with Gasteiger partial charge in [0.25, 0.3) is 5.91 Å². The smallest absolute Gasteiger partial charge is 0.265 e. The summed E-state index contributed by atoms with van der Waals surface area (Å²) in [7, 11) is 1.50. The van der Waals surface area contributed by atoms with Crippen molar-refractivity contribution in [1.29, 1.82) is 0 Å². The quantitative estimate of drug-likeness (QED) is 0.780. The van der Waals surface area contributed by atoms with Gasteiger partial charge in [0.05, 0.1) is 12.8 Å². The lowest BCUT2D eigenvalue weighted by atomic mass is 10.1. The van der Waals surface area contributed by atoms with Crippen LogP contribution < -0.4 is 14.8 Å². The number of anilines is 1. The summed E-state index contributed by atoms with van der Waals surface area (Å²) in [6.45, 7) is 4.94. The van der Waals surface area contributed by atoms with Crippen LogP contribution in [0.1, 0.15) is 29.8 Å². The first-order valence-electron chi connectivity index (χ1n) is 7.74. The molecule has 0 spiro atoms. The Morgan fingerprint density at radius 3 is 2.56 bits per heavy atom. The highest BCUT2D eigenvalue weighted by Gasteiger charge is 2.18. The van der Waals surface area contributed by atoms with E-state index in [9.17, 15) is 9.59 Å². The van der Waals surface area contributed by atoms with Crippen molar-refractivity contribution in [1.82, 2.24) is 0 Å². The molecule has 6 heteroatoms. The molecule has 0 aliphatic rings. The van der Waals surface area contributed by atoms with Crippen molar-refractivity contribution in [3.8, 4) is 11.5 Å². The van der Waals surface area contributed by atoms with Crippen molar-refractivity contribution >= 4 is 29.0 Å². The van der Waals surface area contributed by atoms with Gasteiger partial charge in [0.15, 0.2) is 11.9 Å². The van der Waals surface area contributed by atoms with Gasteiger partial charge in [-0.25, -0.2) is 0 Å². The van der Waals surface area contributed by atoms with Gasteiger partial charge in [0.1, 0.15) is 11.5 Å². The molecule has 25 heavy (non-hydrogen) atoms. The minimum atomic E-state index is -0.761. The summed E-state index contributed by atoms with van der Waals surface area (Å²) < 4.78 is 10.9. The zero-order valence-electron chi connectivity index (χ0n) is 14.6. The largest absolute Gasteiger partial charge is 0.495 e. The number of hydrogen-bond donors (Lipinski definition) is 1. The normalized spacial score (nSPS) is 11.6. The van der Waals surface area contributed by atoms with Gasteiger partial charge in [-0.3, -0.25) is 9.59 Å². The molecule has 0 radical (unpaired) electrons. The Morgan fingerprint density at radius 2 is 1.92 bits per heavy atom. The molecule has 1 amide bonds. The minimum absolute atomic E-state index is 0.0658. The van der Waals surface area contributed by atoms with Gasteiger partial charge in [-0.1, -0.05) is 23.7 Å². The number of carbonyl (C=O) groups excluding carboxylic acids is 2. The highest BCUT2D eigenvalue weighted by atomic mass is 35.5. The van der Waals surface area contributed by atoms with Gasteiger partial charge in [-0.05, 0) is 44.5 Å². The summed E-state index contributed by atoms with van der Waals surface area (Å²) in [5.41, 5.74) is 1.86. The average Bonchev–Trinajstić information content (AvgIpc) is 2.58. The molecule has 132 valence electrons. The SMILES string of the molecule is COc1cc(Cl)c(C)cc1NC(=O)C(C)Oc1cccc(C(C)=O)c1. The third-order valence-corrected chi connectivity index (χ3v) is 4.07. The van der Waals surface area contributed by atoms with Crippen LogP contribution in [0.3, 0.4) is 0 Å². The van der Waals surface area contributed by atoms with Gasteiger partial charge in [0.2, 0.25) is 0 Å². The first-order valence-corrected chi connectivity index (χ1v) is 8.12. The fourth-order valence-electron chi connectivity index (χ4n) is 2.21. The lowest BCUT2D eigenvalue weighted by Gasteiger charge is -2.17. The van der Waals surface area contributed by atoms with E-state index >= 15 is 0 Å². The van der Waals surface area contributed by atoms with E-state index < -0.39 is 6.10 Å². The van der Waals surface area contributed by atoms with Crippen LogP contribution in [0.15, 0.2) is 36.4 Å². The predicted molar refractivity (Wildman–Crippen MR) is 97.9 cm³/mol. The number of halogens is 1. The fraction of sp³-hybridized carbons (Fsp3) is 0.263. The average molecular weight is 362 g/mol. The zero-order valence-corrected chi connectivity index (χ0v) is 15.3. The molecule has 2 rings (SSSR count). The summed E-state index contributed by atoms with van der Waals surface area (Å²) >= 11 is 6.07. The number of benzene rings is 2. The van der Waals surface area contributed by atoms with Crippen LogP contribution in [0, 0.1) is 6.92 Å². The van der Waals surface area contributed by atoms with Crippen LogP contribution in [0.2, 0.25) is 5.02 Å². The molecule has 2 aromatic rings. The van der Waals surface area contributed by atoms with Gasteiger partial charge in [-0.2, -0.15) is 0 Å².